The molecular weight excluding hydrogens is 218 g/mol. The Labute approximate surface area is 100 Å². The Morgan fingerprint density at radius 3 is 2.82 bits per heavy atom. The molecule has 0 amide bonds. The van der Waals surface area contributed by atoms with Crippen LogP contribution in [-0.2, 0) is 0 Å². The number of nitrogens with two attached hydrogens (primary N) is 1. The second kappa shape index (κ2) is 4.71. The Balaban J connectivity index is 2.17. The molecule has 1 saturated carbocycles. The van der Waals surface area contributed by atoms with Crippen molar-refractivity contribution in [3.8, 4) is 0 Å². The van der Waals surface area contributed by atoms with Gasteiger partial charge in [0.1, 0.15) is 5.69 Å². The largest absolute Gasteiger partial charge is 0.377 e. The average Bonchev–Trinajstić information content (AvgIpc) is 2.66. The highest BCUT2D eigenvalue weighted by atomic mass is 16.6. The number of benzene rings is 1. The van der Waals surface area contributed by atoms with Crippen molar-refractivity contribution >= 4 is 11.4 Å². The summed E-state index contributed by atoms with van der Waals surface area (Å²) in [5.41, 5.74) is 7.46. The third-order valence-corrected chi connectivity index (χ3v) is 3.18. The summed E-state index contributed by atoms with van der Waals surface area (Å²) in [6, 6.07) is 5.72. The molecule has 1 aliphatic rings. The highest BCUT2D eigenvalue weighted by Crippen LogP contribution is 2.29. The number of rotatable bonds is 3. The SMILES string of the molecule is Cc1ccc(NC2CCC(N)C2)c([N+](=O)[O-])c1. The molecular formula is C12H17N3O2. The minimum atomic E-state index is -0.343. The number of hydrogen-bond acceptors (Lipinski definition) is 4. The Morgan fingerprint density at radius 2 is 2.24 bits per heavy atom. The van der Waals surface area contributed by atoms with E-state index in [0.29, 0.717) is 5.69 Å². The first-order valence-corrected chi connectivity index (χ1v) is 5.83. The van der Waals surface area contributed by atoms with Gasteiger partial charge in [-0.3, -0.25) is 10.1 Å². The Bertz CT molecular complexity index is 434. The lowest BCUT2D eigenvalue weighted by Gasteiger charge is -2.14. The quantitative estimate of drug-likeness (QED) is 0.621. The lowest BCUT2D eigenvalue weighted by Crippen LogP contribution is -2.21. The van der Waals surface area contributed by atoms with Gasteiger partial charge in [-0.25, -0.2) is 0 Å². The second-order valence-corrected chi connectivity index (χ2v) is 4.69. The van der Waals surface area contributed by atoms with Gasteiger partial charge in [0, 0.05) is 18.2 Å². The molecule has 3 N–H and O–H groups in total. The first-order valence-electron chi connectivity index (χ1n) is 5.83. The monoisotopic (exact) mass is 235 g/mol. The molecule has 0 aromatic heterocycles. The van der Waals surface area contributed by atoms with E-state index in [9.17, 15) is 10.1 Å². The van der Waals surface area contributed by atoms with Crippen LogP contribution in [0.3, 0.4) is 0 Å². The maximum absolute atomic E-state index is 11.0. The molecule has 2 unspecified atom stereocenters. The molecule has 1 aromatic rings. The highest BCUT2D eigenvalue weighted by molar-refractivity contribution is 5.63. The lowest BCUT2D eigenvalue weighted by atomic mass is 10.1. The van der Waals surface area contributed by atoms with Crippen LogP contribution >= 0.6 is 0 Å². The van der Waals surface area contributed by atoms with Crippen molar-refractivity contribution in [1.29, 1.82) is 0 Å². The van der Waals surface area contributed by atoms with Crippen LogP contribution in [-0.4, -0.2) is 17.0 Å². The van der Waals surface area contributed by atoms with Gasteiger partial charge in [0.2, 0.25) is 0 Å². The first kappa shape index (κ1) is 11.9. The van der Waals surface area contributed by atoms with E-state index in [0.717, 1.165) is 24.8 Å². The van der Waals surface area contributed by atoms with E-state index in [4.69, 9.17) is 5.73 Å². The van der Waals surface area contributed by atoms with Crippen molar-refractivity contribution < 1.29 is 4.92 Å². The third kappa shape index (κ3) is 2.74. The van der Waals surface area contributed by atoms with Gasteiger partial charge in [0.25, 0.3) is 5.69 Å². The molecule has 92 valence electrons. The minimum absolute atomic E-state index is 0.144. The number of nitro benzene ring substituents is 1. The van der Waals surface area contributed by atoms with Gasteiger partial charge in [-0.1, -0.05) is 6.07 Å². The Kier molecular flexibility index (Phi) is 3.28. The fourth-order valence-corrected chi connectivity index (χ4v) is 2.28. The van der Waals surface area contributed by atoms with Crippen LogP contribution in [0.5, 0.6) is 0 Å². The maximum atomic E-state index is 11.0. The number of aryl methyl sites for hydroxylation is 1. The molecule has 2 rings (SSSR count). The summed E-state index contributed by atoms with van der Waals surface area (Å²) in [5.74, 6) is 0. The van der Waals surface area contributed by atoms with Gasteiger partial charge in [0.15, 0.2) is 0 Å². The summed E-state index contributed by atoms with van der Waals surface area (Å²) < 4.78 is 0. The number of hydrogen-bond donors (Lipinski definition) is 2. The number of nitrogens with one attached hydrogen (secondary N) is 1. The smallest absolute Gasteiger partial charge is 0.292 e. The predicted octanol–water partition coefficient (Wildman–Crippen LogP) is 2.19. The van der Waals surface area contributed by atoms with Gasteiger partial charge >= 0.3 is 0 Å². The van der Waals surface area contributed by atoms with E-state index in [-0.39, 0.29) is 22.7 Å². The van der Waals surface area contributed by atoms with E-state index in [2.05, 4.69) is 5.32 Å². The zero-order valence-corrected chi connectivity index (χ0v) is 9.85. The van der Waals surface area contributed by atoms with Crippen LogP contribution in [0, 0.1) is 17.0 Å². The van der Waals surface area contributed by atoms with E-state index in [1.165, 1.54) is 0 Å². The topological polar surface area (TPSA) is 81.2 Å². The van der Waals surface area contributed by atoms with Crippen LogP contribution in [0.1, 0.15) is 24.8 Å². The number of anilines is 1. The van der Waals surface area contributed by atoms with Crippen molar-refractivity contribution in [2.24, 2.45) is 5.73 Å². The third-order valence-electron chi connectivity index (χ3n) is 3.18. The van der Waals surface area contributed by atoms with Crippen LogP contribution in [0.25, 0.3) is 0 Å². The van der Waals surface area contributed by atoms with Gasteiger partial charge in [-0.05, 0) is 37.8 Å². The summed E-state index contributed by atoms with van der Waals surface area (Å²) in [4.78, 5) is 10.6. The fourth-order valence-electron chi connectivity index (χ4n) is 2.28. The zero-order valence-electron chi connectivity index (χ0n) is 9.85. The number of nitrogens with zero attached hydrogens (tertiary/aromatic N) is 1. The Hall–Kier alpha value is -1.62. The fraction of sp³-hybridized carbons (Fsp3) is 0.500. The Morgan fingerprint density at radius 1 is 1.47 bits per heavy atom. The van der Waals surface area contributed by atoms with Gasteiger partial charge in [0.05, 0.1) is 4.92 Å². The van der Waals surface area contributed by atoms with Crippen molar-refractivity contribution in [1.82, 2.24) is 0 Å². The molecule has 5 heteroatoms. The highest BCUT2D eigenvalue weighted by Gasteiger charge is 2.24. The molecule has 1 aliphatic carbocycles. The second-order valence-electron chi connectivity index (χ2n) is 4.69. The normalized spacial score (nSPS) is 23.6. The summed E-state index contributed by atoms with van der Waals surface area (Å²) in [6.07, 6.45) is 2.84. The van der Waals surface area contributed by atoms with Crippen molar-refractivity contribution in [3.05, 3.63) is 33.9 Å². The minimum Gasteiger partial charge on any atom is -0.377 e. The van der Waals surface area contributed by atoms with E-state index in [1.807, 2.05) is 13.0 Å². The van der Waals surface area contributed by atoms with Crippen LogP contribution in [0.4, 0.5) is 11.4 Å². The van der Waals surface area contributed by atoms with Crippen LogP contribution < -0.4 is 11.1 Å². The summed E-state index contributed by atoms with van der Waals surface area (Å²) in [7, 11) is 0. The van der Waals surface area contributed by atoms with Crippen molar-refractivity contribution in [2.45, 2.75) is 38.3 Å². The maximum Gasteiger partial charge on any atom is 0.292 e. The van der Waals surface area contributed by atoms with Gasteiger partial charge in [-0.2, -0.15) is 0 Å². The van der Waals surface area contributed by atoms with Gasteiger partial charge in [-0.15, -0.1) is 0 Å². The molecule has 0 spiro atoms. The van der Waals surface area contributed by atoms with E-state index in [1.54, 1.807) is 12.1 Å². The lowest BCUT2D eigenvalue weighted by molar-refractivity contribution is -0.384. The molecule has 5 nitrogen and oxygen atoms in total. The standard InChI is InChI=1S/C12H17N3O2/c1-8-2-5-11(12(6-8)15(16)17)14-10-4-3-9(13)7-10/h2,5-6,9-10,14H,3-4,7,13H2,1H3. The molecule has 1 aromatic carbocycles. The molecule has 0 saturated heterocycles. The molecule has 2 atom stereocenters. The zero-order chi connectivity index (χ0) is 12.4. The molecule has 0 aliphatic heterocycles. The summed E-state index contributed by atoms with van der Waals surface area (Å²) in [6.45, 7) is 1.85. The van der Waals surface area contributed by atoms with Gasteiger partial charge < -0.3 is 11.1 Å². The molecule has 0 radical (unpaired) electrons. The van der Waals surface area contributed by atoms with Crippen LogP contribution in [0.15, 0.2) is 18.2 Å². The molecule has 1 fully saturated rings. The molecule has 17 heavy (non-hydrogen) atoms. The van der Waals surface area contributed by atoms with Crippen LogP contribution in [0.2, 0.25) is 0 Å². The molecule has 0 heterocycles. The van der Waals surface area contributed by atoms with E-state index < -0.39 is 0 Å². The summed E-state index contributed by atoms with van der Waals surface area (Å²) >= 11 is 0. The number of nitro groups is 1. The van der Waals surface area contributed by atoms with E-state index >= 15 is 0 Å². The summed E-state index contributed by atoms with van der Waals surface area (Å²) in [5, 5.41) is 14.2. The molecule has 0 bridgehead atoms. The van der Waals surface area contributed by atoms with Crippen molar-refractivity contribution in [3.63, 3.8) is 0 Å². The average molecular weight is 235 g/mol. The predicted molar refractivity (Wildman–Crippen MR) is 67.1 cm³/mol. The first-order chi connectivity index (χ1) is 8.06. The van der Waals surface area contributed by atoms with Crippen molar-refractivity contribution in [2.75, 3.05) is 5.32 Å².